The maximum Gasteiger partial charge on any atom is 0.194 e. The van der Waals surface area contributed by atoms with Gasteiger partial charge in [-0.3, -0.25) is 0 Å². The standard InChI is InChI=1S/C11H9F3N2O/c12-9-3-7(4-10(13)11(9)14)5-15-6-8-1-2-16-17-8/h1-4,15H,5-6H2. The number of benzene rings is 1. The van der Waals surface area contributed by atoms with Gasteiger partial charge in [-0.2, -0.15) is 0 Å². The number of halogens is 3. The van der Waals surface area contributed by atoms with Crippen LogP contribution in [0.4, 0.5) is 13.2 Å². The van der Waals surface area contributed by atoms with Crippen LogP contribution >= 0.6 is 0 Å². The molecule has 0 atom stereocenters. The first-order valence-corrected chi connectivity index (χ1v) is 4.90. The fraction of sp³-hybridized carbons (Fsp3) is 0.182. The maximum absolute atomic E-state index is 12.9. The summed E-state index contributed by atoms with van der Waals surface area (Å²) >= 11 is 0. The van der Waals surface area contributed by atoms with E-state index in [1.54, 1.807) is 6.07 Å². The number of hydrogen-bond acceptors (Lipinski definition) is 3. The molecule has 3 nitrogen and oxygen atoms in total. The predicted octanol–water partition coefficient (Wildman–Crippen LogP) is 2.38. The van der Waals surface area contributed by atoms with Crippen molar-refractivity contribution >= 4 is 0 Å². The normalized spacial score (nSPS) is 10.8. The third-order valence-electron chi connectivity index (χ3n) is 2.16. The van der Waals surface area contributed by atoms with Crippen LogP contribution in [0.5, 0.6) is 0 Å². The molecule has 0 aliphatic heterocycles. The summed E-state index contributed by atoms with van der Waals surface area (Å²) in [6.07, 6.45) is 1.49. The van der Waals surface area contributed by atoms with E-state index in [0.717, 1.165) is 12.1 Å². The number of rotatable bonds is 4. The molecule has 2 aromatic rings. The van der Waals surface area contributed by atoms with Gasteiger partial charge in [-0.15, -0.1) is 0 Å². The number of nitrogens with zero attached hydrogens (tertiary/aromatic N) is 1. The van der Waals surface area contributed by atoms with E-state index in [2.05, 4.69) is 10.5 Å². The molecule has 90 valence electrons. The molecule has 1 aromatic carbocycles. The molecule has 0 amide bonds. The molecule has 0 saturated carbocycles. The molecule has 0 bridgehead atoms. The number of hydrogen-bond donors (Lipinski definition) is 1. The van der Waals surface area contributed by atoms with Gasteiger partial charge in [0.15, 0.2) is 17.5 Å². The van der Waals surface area contributed by atoms with Gasteiger partial charge in [0.1, 0.15) is 5.76 Å². The molecule has 0 radical (unpaired) electrons. The Labute approximate surface area is 95.2 Å². The Morgan fingerprint density at radius 2 is 1.82 bits per heavy atom. The second-order valence-corrected chi connectivity index (χ2v) is 3.46. The Morgan fingerprint density at radius 3 is 2.41 bits per heavy atom. The summed E-state index contributed by atoms with van der Waals surface area (Å²) in [7, 11) is 0. The Bertz CT molecular complexity index is 476. The minimum Gasteiger partial charge on any atom is -0.360 e. The van der Waals surface area contributed by atoms with Crippen molar-refractivity contribution < 1.29 is 17.7 Å². The average molecular weight is 242 g/mol. The highest BCUT2D eigenvalue weighted by Crippen LogP contribution is 2.13. The molecular weight excluding hydrogens is 233 g/mol. The van der Waals surface area contributed by atoms with Crippen LogP contribution in [0.15, 0.2) is 28.9 Å². The summed E-state index contributed by atoms with van der Waals surface area (Å²) in [6, 6.07) is 3.57. The second-order valence-electron chi connectivity index (χ2n) is 3.46. The van der Waals surface area contributed by atoms with Gasteiger partial charge in [-0.05, 0) is 17.7 Å². The zero-order valence-electron chi connectivity index (χ0n) is 8.71. The van der Waals surface area contributed by atoms with Crippen molar-refractivity contribution in [3.63, 3.8) is 0 Å². The topological polar surface area (TPSA) is 38.1 Å². The lowest BCUT2D eigenvalue weighted by atomic mass is 10.2. The molecule has 6 heteroatoms. The van der Waals surface area contributed by atoms with Crippen LogP contribution in [0.2, 0.25) is 0 Å². The first kappa shape index (κ1) is 11.7. The van der Waals surface area contributed by atoms with Crippen molar-refractivity contribution in [2.24, 2.45) is 0 Å². The van der Waals surface area contributed by atoms with Gasteiger partial charge in [0, 0.05) is 12.6 Å². The molecule has 0 aliphatic carbocycles. The molecule has 2 rings (SSSR count). The van der Waals surface area contributed by atoms with Crippen LogP contribution in [0.3, 0.4) is 0 Å². The summed E-state index contributed by atoms with van der Waals surface area (Å²) in [5.74, 6) is -3.24. The summed E-state index contributed by atoms with van der Waals surface area (Å²) in [5, 5.41) is 6.39. The number of nitrogens with one attached hydrogen (secondary N) is 1. The van der Waals surface area contributed by atoms with Crippen LogP contribution in [-0.4, -0.2) is 5.16 Å². The Hall–Kier alpha value is -1.82. The lowest BCUT2D eigenvalue weighted by Gasteiger charge is -2.04. The lowest BCUT2D eigenvalue weighted by molar-refractivity contribution is 0.372. The molecule has 0 saturated heterocycles. The lowest BCUT2D eigenvalue weighted by Crippen LogP contribution is -2.13. The molecule has 17 heavy (non-hydrogen) atoms. The van der Waals surface area contributed by atoms with E-state index in [-0.39, 0.29) is 6.54 Å². The van der Waals surface area contributed by atoms with Gasteiger partial charge < -0.3 is 9.84 Å². The highest BCUT2D eigenvalue weighted by Gasteiger charge is 2.10. The van der Waals surface area contributed by atoms with Crippen molar-refractivity contribution in [1.29, 1.82) is 0 Å². The van der Waals surface area contributed by atoms with E-state index in [4.69, 9.17) is 4.52 Å². The summed E-state index contributed by atoms with van der Waals surface area (Å²) in [5.41, 5.74) is 0.320. The van der Waals surface area contributed by atoms with E-state index in [1.165, 1.54) is 6.20 Å². The van der Waals surface area contributed by atoms with Crippen molar-refractivity contribution in [3.8, 4) is 0 Å². The monoisotopic (exact) mass is 242 g/mol. The first-order chi connectivity index (χ1) is 8.16. The van der Waals surface area contributed by atoms with E-state index < -0.39 is 17.5 Å². The summed E-state index contributed by atoms with van der Waals surface area (Å²) in [6.45, 7) is 0.579. The third kappa shape index (κ3) is 2.85. The first-order valence-electron chi connectivity index (χ1n) is 4.90. The van der Waals surface area contributed by atoms with E-state index in [1.807, 2.05) is 0 Å². The van der Waals surface area contributed by atoms with Crippen LogP contribution in [0, 0.1) is 17.5 Å². The second kappa shape index (κ2) is 5.01. The molecule has 0 fully saturated rings. The Balaban J connectivity index is 1.95. The smallest absolute Gasteiger partial charge is 0.194 e. The summed E-state index contributed by atoms with van der Waals surface area (Å²) < 4.78 is 43.2. The van der Waals surface area contributed by atoms with Crippen molar-refractivity contribution in [2.45, 2.75) is 13.1 Å². The van der Waals surface area contributed by atoms with Crippen molar-refractivity contribution in [1.82, 2.24) is 10.5 Å². The number of aromatic nitrogens is 1. The Kier molecular flexibility index (Phi) is 3.43. The summed E-state index contributed by atoms with van der Waals surface area (Å²) in [4.78, 5) is 0. The van der Waals surface area contributed by atoms with E-state index >= 15 is 0 Å². The highest BCUT2D eigenvalue weighted by atomic mass is 19.2. The fourth-order valence-electron chi connectivity index (χ4n) is 1.37. The predicted molar refractivity (Wildman–Crippen MR) is 53.4 cm³/mol. The van der Waals surface area contributed by atoms with E-state index in [0.29, 0.717) is 17.9 Å². The quantitative estimate of drug-likeness (QED) is 0.836. The third-order valence-corrected chi connectivity index (χ3v) is 2.16. The van der Waals surface area contributed by atoms with Gasteiger partial charge in [-0.1, -0.05) is 5.16 Å². The van der Waals surface area contributed by atoms with Gasteiger partial charge in [0.2, 0.25) is 0 Å². The van der Waals surface area contributed by atoms with Crippen LogP contribution in [0.1, 0.15) is 11.3 Å². The largest absolute Gasteiger partial charge is 0.360 e. The molecule has 0 spiro atoms. The van der Waals surface area contributed by atoms with Gasteiger partial charge in [0.05, 0.1) is 12.7 Å². The zero-order valence-corrected chi connectivity index (χ0v) is 8.71. The highest BCUT2D eigenvalue weighted by molar-refractivity contribution is 5.19. The maximum atomic E-state index is 12.9. The Morgan fingerprint density at radius 1 is 1.12 bits per heavy atom. The van der Waals surface area contributed by atoms with Crippen molar-refractivity contribution in [3.05, 3.63) is 53.2 Å². The SMILES string of the molecule is Fc1cc(CNCc2ccno2)cc(F)c1F. The average Bonchev–Trinajstić information content (AvgIpc) is 2.79. The fourth-order valence-corrected chi connectivity index (χ4v) is 1.37. The molecule has 0 unspecified atom stereocenters. The molecular formula is C11H9F3N2O. The van der Waals surface area contributed by atoms with Gasteiger partial charge >= 0.3 is 0 Å². The minimum absolute atomic E-state index is 0.203. The minimum atomic E-state index is -1.45. The van der Waals surface area contributed by atoms with E-state index in [9.17, 15) is 13.2 Å². The van der Waals surface area contributed by atoms with Crippen molar-refractivity contribution in [2.75, 3.05) is 0 Å². The van der Waals surface area contributed by atoms with Gasteiger partial charge in [-0.25, -0.2) is 13.2 Å². The van der Waals surface area contributed by atoms with Gasteiger partial charge in [0.25, 0.3) is 0 Å². The molecule has 1 aromatic heterocycles. The molecule has 1 N–H and O–H groups in total. The van der Waals surface area contributed by atoms with Crippen LogP contribution < -0.4 is 5.32 Å². The van der Waals surface area contributed by atoms with Crippen LogP contribution in [0.25, 0.3) is 0 Å². The zero-order chi connectivity index (χ0) is 12.3. The molecule has 1 heterocycles. The molecule has 0 aliphatic rings. The van der Waals surface area contributed by atoms with Crippen LogP contribution in [-0.2, 0) is 13.1 Å².